The van der Waals surface area contributed by atoms with Crippen molar-refractivity contribution in [3.63, 3.8) is 0 Å². The summed E-state index contributed by atoms with van der Waals surface area (Å²) in [7, 11) is -6.97. The van der Waals surface area contributed by atoms with Crippen LogP contribution in [0.3, 0.4) is 0 Å². The highest BCUT2D eigenvalue weighted by atomic mass is 32.2. The van der Waals surface area contributed by atoms with Crippen LogP contribution in [-0.4, -0.2) is 58.0 Å². The first kappa shape index (κ1) is 24.2. The zero-order valence-corrected chi connectivity index (χ0v) is 20.5. The minimum Gasteiger partial charge on any atom is -0.353 e. The van der Waals surface area contributed by atoms with Crippen LogP contribution in [0, 0.1) is 27.7 Å². The average molecular weight is 472 g/mol. The Labute approximate surface area is 185 Å². The Bertz CT molecular complexity index is 1040. The number of benzene rings is 1. The molecule has 2 aliphatic rings. The molecule has 2 aliphatic heterocycles. The summed E-state index contributed by atoms with van der Waals surface area (Å²) in [5, 5.41) is 2.96. The maximum atomic E-state index is 12.9. The molecule has 2 bridgehead atoms. The Balaban J connectivity index is 1.56. The van der Waals surface area contributed by atoms with E-state index < -0.39 is 20.0 Å². The molecule has 10 heteroatoms. The molecule has 3 rings (SSSR count). The van der Waals surface area contributed by atoms with Crippen LogP contribution in [0.1, 0.15) is 54.4 Å². The van der Waals surface area contributed by atoms with E-state index in [-0.39, 0.29) is 41.9 Å². The van der Waals surface area contributed by atoms with Crippen LogP contribution in [0.4, 0.5) is 0 Å². The van der Waals surface area contributed by atoms with Crippen LogP contribution in [0.5, 0.6) is 0 Å². The molecule has 2 heterocycles. The van der Waals surface area contributed by atoms with Gasteiger partial charge in [-0.2, -0.15) is 4.31 Å². The van der Waals surface area contributed by atoms with Crippen LogP contribution in [0.15, 0.2) is 11.0 Å². The maximum Gasteiger partial charge on any atom is 0.241 e. The fraction of sp³-hybridized carbons (Fsp3) is 0.667. The van der Waals surface area contributed by atoms with E-state index in [0.29, 0.717) is 24.0 Å². The number of aryl methyl sites for hydroxylation is 2. The van der Waals surface area contributed by atoms with Gasteiger partial charge in [0.25, 0.3) is 0 Å². The van der Waals surface area contributed by atoms with Crippen LogP contribution in [0.2, 0.25) is 0 Å². The molecule has 0 spiro atoms. The highest BCUT2D eigenvalue weighted by Crippen LogP contribution is 2.37. The van der Waals surface area contributed by atoms with Gasteiger partial charge >= 0.3 is 0 Å². The first-order valence-corrected chi connectivity index (χ1v) is 14.0. The molecule has 1 amide bonds. The molecular formula is C21H33N3O5S2. The summed E-state index contributed by atoms with van der Waals surface area (Å²) in [5.41, 5.74) is 3.26. The molecule has 2 fully saturated rings. The molecule has 31 heavy (non-hydrogen) atoms. The monoisotopic (exact) mass is 471 g/mol. The minimum absolute atomic E-state index is 0.00901. The zero-order valence-electron chi connectivity index (χ0n) is 18.9. The predicted molar refractivity (Wildman–Crippen MR) is 120 cm³/mol. The summed E-state index contributed by atoms with van der Waals surface area (Å²) >= 11 is 0. The van der Waals surface area contributed by atoms with Gasteiger partial charge in [0.2, 0.25) is 26.0 Å². The van der Waals surface area contributed by atoms with Crippen LogP contribution in [0.25, 0.3) is 0 Å². The smallest absolute Gasteiger partial charge is 0.241 e. The topological polar surface area (TPSA) is 113 Å². The van der Waals surface area contributed by atoms with E-state index in [9.17, 15) is 21.6 Å². The van der Waals surface area contributed by atoms with Crippen molar-refractivity contribution in [2.45, 2.75) is 82.8 Å². The molecule has 0 saturated carbocycles. The van der Waals surface area contributed by atoms with Gasteiger partial charge in [-0.1, -0.05) is 6.07 Å². The average Bonchev–Trinajstić information content (AvgIpc) is 2.92. The lowest BCUT2D eigenvalue weighted by molar-refractivity contribution is -0.122. The molecule has 1 aromatic rings. The number of piperidine rings is 1. The van der Waals surface area contributed by atoms with Crippen molar-refractivity contribution in [3.8, 4) is 0 Å². The van der Waals surface area contributed by atoms with E-state index in [1.54, 1.807) is 18.2 Å². The lowest BCUT2D eigenvalue weighted by atomic mass is 9.99. The van der Waals surface area contributed by atoms with Gasteiger partial charge in [-0.25, -0.2) is 21.6 Å². The third kappa shape index (κ3) is 5.13. The normalized spacial score (nSPS) is 24.4. The second kappa shape index (κ2) is 8.80. The largest absolute Gasteiger partial charge is 0.353 e. The van der Waals surface area contributed by atoms with Gasteiger partial charge in [0.1, 0.15) is 0 Å². The van der Waals surface area contributed by atoms with Crippen LogP contribution in [-0.2, 0) is 24.8 Å². The zero-order chi connectivity index (χ0) is 23.1. The van der Waals surface area contributed by atoms with Crippen LogP contribution >= 0.6 is 0 Å². The molecule has 8 nitrogen and oxygen atoms in total. The van der Waals surface area contributed by atoms with E-state index >= 15 is 0 Å². The fourth-order valence-corrected chi connectivity index (χ4v) is 8.16. The first-order valence-electron chi connectivity index (χ1n) is 10.7. The lowest BCUT2D eigenvalue weighted by Gasteiger charge is -2.37. The van der Waals surface area contributed by atoms with Gasteiger partial charge < -0.3 is 5.32 Å². The molecule has 2 saturated heterocycles. The second-order valence-corrected chi connectivity index (χ2v) is 12.5. The molecule has 2 atom stereocenters. The summed E-state index contributed by atoms with van der Waals surface area (Å²) < 4.78 is 53.9. The lowest BCUT2D eigenvalue weighted by Crippen LogP contribution is -2.52. The Morgan fingerprint density at radius 2 is 1.52 bits per heavy atom. The van der Waals surface area contributed by atoms with Crippen LogP contribution < -0.4 is 10.0 Å². The van der Waals surface area contributed by atoms with E-state index in [1.165, 1.54) is 6.26 Å². The summed E-state index contributed by atoms with van der Waals surface area (Å²) in [6, 6.07) is 1.77. The van der Waals surface area contributed by atoms with Gasteiger partial charge in [-0.05, 0) is 75.6 Å². The summed E-state index contributed by atoms with van der Waals surface area (Å²) in [4.78, 5) is 12.7. The summed E-state index contributed by atoms with van der Waals surface area (Å²) in [5.74, 6) is -0.228. The third-order valence-corrected chi connectivity index (χ3v) is 9.72. The number of fused-ring (bicyclic) bond motifs is 2. The Morgan fingerprint density at radius 1 is 1.00 bits per heavy atom. The van der Waals surface area contributed by atoms with E-state index in [1.807, 2.05) is 19.9 Å². The number of nitrogens with zero attached hydrogens (tertiary/aromatic N) is 1. The Kier molecular flexibility index (Phi) is 6.86. The number of carbonyl (C=O) groups excluding carboxylic acids is 1. The third-order valence-electron chi connectivity index (χ3n) is 6.62. The van der Waals surface area contributed by atoms with E-state index in [4.69, 9.17) is 0 Å². The van der Waals surface area contributed by atoms with E-state index in [0.717, 1.165) is 24.0 Å². The summed E-state index contributed by atoms with van der Waals surface area (Å²) in [6.07, 6.45) is 4.10. The molecule has 0 aliphatic carbocycles. The van der Waals surface area contributed by atoms with Crippen molar-refractivity contribution >= 4 is 26.0 Å². The van der Waals surface area contributed by atoms with Crippen molar-refractivity contribution in [2.24, 2.45) is 0 Å². The number of hydrogen-bond acceptors (Lipinski definition) is 5. The van der Waals surface area contributed by atoms with Crippen molar-refractivity contribution in [1.29, 1.82) is 0 Å². The highest BCUT2D eigenvalue weighted by molar-refractivity contribution is 7.89. The molecule has 2 N–H and O–H groups in total. The molecule has 174 valence electrons. The van der Waals surface area contributed by atoms with Gasteiger partial charge in [0.15, 0.2) is 0 Å². The first-order chi connectivity index (χ1) is 14.3. The number of hydrogen-bond donors (Lipinski definition) is 2. The van der Waals surface area contributed by atoms with Crippen molar-refractivity contribution < 1.29 is 21.6 Å². The van der Waals surface area contributed by atoms with Gasteiger partial charge in [-0.15, -0.1) is 0 Å². The molecule has 2 unspecified atom stereocenters. The van der Waals surface area contributed by atoms with Crippen molar-refractivity contribution in [2.75, 3.05) is 12.8 Å². The number of sulfonamides is 2. The Hall–Kier alpha value is -1.49. The number of rotatable bonds is 7. The fourth-order valence-electron chi connectivity index (χ4n) is 5.05. The van der Waals surface area contributed by atoms with Gasteiger partial charge in [0.05, 0.1) is 11.2 Å². The van der Waals surface area contributed by atoms with Crippen molar-refractivity contribution in [3.05, 3.63) is 28.3 Å². The number of amides is 1. The Morgan fingerprint density at radius 3 is 2.00 bits per heavy atom. The predicted octanol–water partition coefficient (Wildman–Crippen LogP) is 1.66. The summed E-state index contributed by atoms with van der Waals surface area (Å²) in [6.45, 7) is 7.36. The number of carbonyl (C=O) groups is 1. The van der Waals surface area contributed by atoms with E-state index in [2.05, 4.69) is 10.0 Å². The van der Waals surface area contributed by atoms with Gasteiger partial charge in [-0.3, -0.25) is 4.79 Å². The van der Waals surface area contributed by atoms with Gasteiger partial charge in [0, 0.05) is 31.1 Å². The minimum atomic E-state index is -3.73. The standard InChI is InChI=1S/C21H33N3O5S2/c1-13-10-14(2)16(4)21(15(13)3)31(28,29)22-9-8-20(25)23-17-11-18-6-7-19(12-17)24(18)30(5,26)27/h10,17-19,22H,6-9,11-12H2,1-5H3,(H,23,25). The molecule has 0 radical (unpaired) electrons. The SMILES string of the molecule is Cc1cc(C)c(C)c(S(=O)(=O)NCCC(=O)NC2CC3CCC(C2)N3S(C)(=O)=O)c1C. The van der Waals surface area contributed by atoms with Crippen molar-refractivity contribution in [1.82, 2.24) is 14.3 Å². The quantitative estimate of drug-likeness (QED) is 0.628. The molecule has 0 aromatic heterocycles. The second-order valence-electron chi connectivity index (χ2n) is 8.95. The molecular weight excluding hydrogens is 438 g/mol. The highest BCUT2D eigenvalue weighted by Gasteiger charge is 2.45. The number of nitrogens with one attached hydrogen (secondary N) is 2. The molecule has 1 aromatic carbocycles. The maximum absolute atomic E-state index is 12.9.